The lowest BCUT2D eigenvalue weighted by Gasteiger charge is -2.23. The third-order valence-electron chi connectivity index (χ3n) is 3.11. The molecule has 1 aliphatic carbocycles. The Balaban J connectivity index is 1.99. The Bertz CT molecular complexity index is 455. The third kappa shape index (κ3) is 2.61. The molecule has 0 radical (unpaired) electrons. The zero-order valence-electron chi connectivity index (χ0n) is 10.2. The van der Waals surface area contributed by atoms with E-state index in [1.165, 1.54) is 0 Å². The smallest absolute Gasteiger partial charge is 0.405 e. The van der Waals surface area contributed by atoms with Crippen molar-refractivity contribution < 1.29 is 14.7 Å². The summed E-state index contributed by atoms with van der Waals surface area (Å²) in [4.78, 5) is 24.4. The summed E-state index contributed by atoms with van der Waals surface area (Å²) in [5.74, 6) is -0.159. The van der Waals surface area contributed by atoms with Crippen molar-refractivity contribution in [2.75, 3.05) is 7.05 Å². The zero-order chi connectivity index (χ0) is 13.2. The van der Waals surface area contributed by atoms with Crippen LogP contribution in [-0.4, -0.2) is 34.6 Å². The number of rotatable bonds is 4. The van der Waals surface area contributed by atoms with Crippen LogP contribution in [0, 0.1) is 0 Å². The maximum Gasteiger partial charge on any atom is 0.405 e. The predicted octanol–water partition coefficient (Wildman–Crippen LogP) is 1.45. The standard InChI is InChI=1S/C13H16N2O3/c1-15(9-10-5-3-2-4-6-10)11(16)13(7-8-13)14-12(17)18/h2-6,14H,7-9H2,1H3,(H,17,18). The lowest BCUT2D eigenvalue weighted by molar-refractivity contribution is -0.133. The van der Waals surface area contributed by atoms with Gasteiger partial charge in [0.1, 0.15) is 5.54 Å². The van der Waals surface area contributed by atoms with Gasteiger partial charge in [-0.2, -0.15) is 0 Å². The van der Waals surface area contributed by atoms with Crippen LogP contribution in [-0.2, 0) is 11.3 Å². The van der Waals surface area contributed by atoms with Gasteiger partial charge in [-0.25, -0.2) is 4.79 Å². The molecule has 5 nitrogen and oxygen atoms in total. The number of benzene rings is 1. The molecule has 18 heavy (non-hydrogen) atoms. The van der Waals surface area contributed by atoms with E-state index in [4.69, 9.17) is 5.11 Å². The maximum absolute atomic E-state index is 12.2. The number of carboxylic acid groups (broad SMARTS) is 1. The number of nitrogens with one attached hydrogen (secondary N) is 1. The van der Waals surface area contributed by atoms with E-state index in [1.807, 2.05) is 30.3 Å². The fraction of sp³-hybridized carbons (Fsp3) is 0.385. The van der Waals surface area contributed by atoms with E-state index >= 15 is 0 Å². The van der Waals surface area contributed by atoms with Gasteiger partial charge in [-0.15, -0.1) is 0 Å². The Morgan fingerprint density at radius 1 is 1.33 bits per heavy atom. The van der Waals surface area contributed by atoms with Crippen molar-refractivity contribution in [3.05, 3.63) is 35.9 Å². The van der Waals surface area contributed by atoms with Crippen LogP contribution in [0.2, 0.25) is 0 Å². The number of likely N-dealkylation sites (N-methyl/N-ethyl adjacent to an activating group) is 1. The highest BCUT2D eigenvalue weighted by Crippen LogP contribution is 2.37. The van der Waals surface area contributed by atoms with Crippen molar-refractivity contribution in [3.63, 3.8) is 0 Å². The Labute approximate surface area is 105 Å². The fourth-order valence-corrected chi connectivity index (χ4v) is 2.02. The van der Waals surface area contributed by atoms with E-state index in [-0.39, 0.29) is 5.91 Å². The van der Waals surface area contributed by atoms with Crippen LogP contribution in [0.15, 0.2) is 30.3 Å². The SMILES string of the molecule is CN(Cc1ccccc1)C(=O)C1(NC(=O)O)CC1. The second-order valence-electron chi connectivity index (χ2n) is 4.66. The molecule has 96 valence electrons. The molecule has 0 aromatic heterocycles. The zero-order valence-corrected chi connectivity index (χ0v) is 10.2. The first kappa shape index (κ1) is 12.4. The lowest BCUT2D eigenvalue weighted by Crippen LogP contribution is -2.48. The molecule has 0 unspecified atom stereocenters. The second-order valence-corrected chi connectivity index (χ2v) is 4.66. The van der Waals surface area contributed by atoms with Gasteiger partial charge < -0.3 is 15.3 Å². The molecule has 0 aliphatic heterocycles. The first-order valence-electron chi connectivity index (χ1n) is 5.84. The molecule has 1 aromatic carbocycles. The highest BCUT2D eigenvalue weighted by atomic mass is 16.4. The normalized spacial score (nSPS) is 15.8. The highest BCUT2D eigenvalue weighted by Gasteiger charge is 2.52. The van der Waals surface area contributed by atoms with Crippen LogP contribution in [0.1, 0.15) is 18.4 Å². The van der Waals surface area contributed by atoms with E-state index < -0.39 is 11.6 Å². The number of hydrogen-bond donors (Lipinski definition) is 2. The molecule has 0 saturated heterocycles. The van der Waals surface area contributed by atoms with Gasteiger partial charge in [0, 0.05) is 13.6 Å². The quantitative estimate of drug-likeness (QED) is 0.847. The molecule has 2 rings (SSSR count). The minimum absolute atomic E-state index is 0.159. The van der Waals surface area contributed by atoms with Crippen LogP contribution in [0.4, 0.5) is 4.79 Å². The molecular formula is C13H16N2O3. The third-order valence-corrected chi connectivity index (χ3v) is 3.11. The molecular weight excluding hydrogens is 232 g/mol. The number of carbonyl (C=O) groups excluding carboxylic acids is 1. The molecule has 1 fully saturated rings. The summed E-state index contributed by atoms with van der Waals surface area (Å²) < 4.78 is 0. The summed E-state index contributed by atoms with van der Waals surface area (Å²) in [5.41, 5.74) is 0.148. The van der Waals surface area contributed by atoms with Crippen LogP contribution >= 0.6 is 0 Å². The van der Waals surface area contributed by atoms with Gasteiger partial charge in [0.15, 0.2) is 0 Å². The van der Waals surface area contributed by atoms with Gasteiger partial charge in [-0.05, 0) is 18.4 Å². The first-order valence-corrected chi connectivity index (χ1v) is 5.84. The van der Waals surface area contributed by atoms with Crippen LogP contribution in [0.3, 0.4) is 0 Å². The number of hydrogen-bond acceptors (Lipinski definition) is 2. The van der Waals surface area contributed by atoms with E-state index in [0.29, 0.717) is 19.4 Å². The molecule has 0 heterocycles. The Kier molecular flexibility index (Phi) is 3.23. The minimum atomic E-state index is -1.14. The van der Waals surface area contributed by atoms with Crippen molar-refractivity contribution in [1.29, 1.82) is 0 Å². The summed E-state index contributed by atoms with van der Waals surface area (Å²) in [6.07, 6.45) is 0.0168. The summed E-state index contributed by atoms with van der Waals surface area (Å²) in [5, 5.41) is 11.0. The van der Waals surface area contributed by atoms with Crippen molar-refractivity contribution in [2.45, 2.75) is 24.9 Å². The molecule has 0 spiro atoms. The van der Waals surface area contributed by atoms with E-state index in [2.05, 4.69) is 5.32 Å². The fourth-order valence-electron chi connectivity index (χ4n) is 2.02. The molecule has 1 aliphatic rings. The van der Waals surface area contributed by atoms with E-state index in [0.717, 1.165) is 5.56 Å². The molecule has 5 heteroatoms. The number of nitrogens with zero attached hydrogens (tertiary/aromatic N) is 1. The van der Waals surface area contributed by atoms with Gasteiger partial charge in [-0.1, -0.05) is 30.3 Å². The molecule has 1 aromatic rings. The van der Waals surface area contributed by atoms with Gasteiger partial charge in [0.2, 0.25) is 5.91 Å². The molecule has 0 bridgehead atoms. The summed E-state index contributed by atoms with van der Waals surface area (Å²) >= 11 is 0. The van der Waals surface area contributed by atoms with Crippen molar-refractivity contribution in [3.8, 4) is 0 Å². The van der Waals surface area contributed by atoms with Crippen LogP contribution in [0.25, 0.3) is 0 Å². The summed E-state index contributed by atoms with van der Waals surface area (Å²) in [7, 11) is 1.69. The highest BCUT2D eigenvalue weighted by molar-refractivity contribution is 5.92. The van der Waals surface area contributed by atoms with E-state index in [1.54, 1.807) is 11.9 Å². The Hall–Kier alpha value is -2.04. The van der Waals surface area contributed by atoms with Gasteiger partial charge in [0.25, 0.3) is 0 Å². The Morgan fingerprint density at radius 3 is 2.44 bits per heavy atom. The van der Waals surface area contributed by atoms with Crippen molar-refractivity contribution in [2.24, 2.45) is 0 Å². The van der Waals surface area contributed by atoms with Gasteiger partial charge >= 0.3 is 6.09 Å². The monoisotopic (exact) mass is 248 g/mol. The van der Waals surface area contributed by atoms with Crippen LogP contribution in [0.5, 0.6) is 0 Å². The Morgan fingerprint density at radius 2 is 1.94 bits per heavy atom. The molecule has 0 atom stereocenters. The summed E-state index contributed by atoms with van der Waals surface area (Å²) in [6, 6.07) is 9.62. The van der Waals surface area contributed by atoms with Crippen molar-refractivity contribution >= 4 is 12.0 Å². The summed E-state index contributed by atoms with van der Waals surface area (Å²) in [6.45, 7) is 0.489. The van der Waals surface area contributed by atoms with Gasteiger partial charge in [0.05, 0.1) is 0 Å². The topological polar surface area (TPSA) is 69.6 Å². The lowest BCUT2D eigenvalue weighted by atomic mass is 10.2. The molecule has 1 saturated carbocycles. The number of amides is 2. The van der Waals surface area contributed by atoms with Gasteiger partial charge in [-0.3, -0.25) is 4.79 Å². The van der Waals surface area contributed by atoms with Crippen molar-refractivity contribution in [1.82, 2.24) is 10.2 Å². The number of carbonyl (C=O) groups is 2. The minimum Gasteiger partial charge on any atom is -0.465 e. The molecule has 2 amide bonds. The predicted molar refractivity (Wildman–Crippen MR) is 66.0 cm³/mol. The average molecular weight is 248 g/mol. The maximum atomic E-state index is 12.2. The second kappa shape index (κ2) is 4.68. The van der Waals surface area contributed by atoms with Crippen LogP contribution < -0.4 is 5.32 Å². The average Bonchev–Trinajstić information content (AvgIpc) is 3.09. The first-order chi connectivity index (χ1) is 8.53. The molecule has 2 N–H and O–H groups in total. The largest absolute Gasteiger partial charge is 0.465 e. The van der Waals surface area contributed by atoms with E-state index in [9.17, 15) is 9.59 Å².